The van der Waals surface area contributed by atoms with Crippen LogP contribution in [-0.2, 0) is 9.53 Å². The average Bonchev–Trinajstić information content (AvgIpc) is 2.36. The van der Waals surface area contributed by atoms with Crippen LogP contribution < -0.4 is 4.90 Å². The molecule has 0 fully saturated rings. The first-order chi connectivity index (χ1) is 8.62. The summed E-state index contributed by atoms with van der Waals surface area (Å²) in [6, 6.07) is 7.73. The summed E-state index contributed by atoms with van der Waals surface area (Å²) in [5.74, 6) is -0.273. The van der Waals surface area contributed by atoms with Crippen molar-refractivity contribution in [1.82, 2.24) is 0 Å². The van der Waals surface area contributed by atoms with Gasteiger partial charge in [0, 0.05) is 6.54 Å². The number of likely N-dealkylation sites (N-methyl/N-ethyl adjacent to an activating group) is 1. The molecule has 4 heteroatoms. The molecule has 0 aliphatic rings. The van der Waals surface area contributed by atoms with Crippen LogP contribution in [0.25, 0.3) is 0 Å². The minimum Gasteiger partial charge on any atom is -0.465 e. The second-order valence-corrected chi connectivity index (χ2v) is 3.95. The largest absolute Gasteiger partial charge is 0.465 e. The Morgan fingerprint density at radius 3 is 2.72 bits per heavy atom. The fraction of sp³-hybridized carbons (Fsp3) is 0.429. The van der Waals surface area contributed by atoms with Crippen LogP contribution in [0.4, 0.5) is 5.69 Å². The number of nitriles is 1. The third-order valence-corrected chi connectivity index (χ3v) is 2.62. The lowest BCUT2D eigenvalue weighted by Crippen LogP contribution is -2.31. The van der Waals surface area contributed by atoms with E-state index in [1.54, 1.807) is 13.0 Å². The number of carbonyl (C=O) groups excluding carboxylic acids is 1. The summed E-state index contributed by atoms with van der Waals surface area (Å²) < 4.78 is 4.94. The van der Waals surface area contributed by atoms with Crippen molar-refractivity contribution < 1.29 is 9.53 Å². The molecule has 1 rings (SSSR count). The maximum atomic E-state index is 11.5. The number of ether oxygens (including phenoxy) is 1. The van der Waals surface area contributed by atoms with Gasteiger partial charge in [0.2, 0.25) is 0 Å². The predicted molar refractivity (Wildman–Crippen MR) is 70.4 cm³/mol. The summed E-state index contributed by atoms with van der Waals surface area (Å²) in [6.07, 6.45) is 0. The monoisotopic (exact) mass is 246 g/mol. The Hall–Kier alpha value is -2.02. The zero-order valence-electron chi connectivity index (χ0n) is 11.1. The maximum Gasteiger partial charge on any atom is 0.325 e. The van der Waals surface area contributed by atoms with E-state index in [1.165, 1.54) is 0 Å². The molecule has 0 saturated heterocycles. The lowest BCUT2D eigenvalue weighted by atomic mass is 10.1. The normalized spacial score (nSPS) is 9.67. The van der Waals surface area contributed by atoms with E-state index in [1.807, 2.05) is 30.9 Å². The van der Waals surface area contributed by atoms with Crippen LogP contribution in [0.2, 0.25) is 0 Å². The molecule has 0 amide bonds. The van der Waals surface area contributed by atoms with E-state index in [-0.39, 0.29) is 12.5 Å². The predicted octanol–water partition coefficient (Wildman–Crippen LogP) is 2.26. The molecule has 0 N–H and O–H groups in total. The molecule has 18 heavy (non-hydrogen) atoms. The van der Waals surface area contributed by atoms with E-state index in [9.17, 15) is 4.79 Å². The Morgan fingerprint density at radius 1 is 1.44 bits per heavy atom. The van der Waals surface area contributed by atoms with Crippen molar-refractivity contribution in [3.05, 3.63) is 29.3 Å². The fourth-order valence-corrected chi connectivity index (χ4v) is 1.73. The summed E-state index contributed by atoms with van der Waals surface area (Å²) in [4.78, 5) is 13.4. The first-order valence-electron chi connectivity index (χ1n) is 6.03. The molecule has 0 aromatic heterocycles. The van der Waals surface area contributed by atoms with Gasteiger partial charge in [-0.05, 0) is 38.5 Å². The number of nitrogens with zero attached hydrogens (tertiary/aromatic N) is 2. The van der Waals surface area contributed by atoms with Crippen molar-refractivity contribution in [2.75, 3.05) is 24.6 Å². The molecule has 0 atom stereocenters. The van der Waals surface area contributed by atoms with Gasteiger partial charge in [0.1, 0.15) is 12.6 Å². The van der Waals surface area contributed by atoms with Crippen LogP contribution >= 0.6 is 0 Å². The zero-order chi connectivity index (χ0) is 13.5. The first-order valence-corrected chi connectivity index (χ1v) is 6.03. The summed E-state index contributed by atoms with van der Waals surface area (Å²) >= 11 is 0. The van der Waals surface area contributed by atoms with Crippen LogP contribution in [0.5, 0.6) is 0 Å². The summed E-state index contributed by atoms with van der Waals surface area (Å²) in [5.41, 5.74) is 2.42. The molecular weight excluding hydrogens is 228 g/mol. The van der Waals surface area contributed by atoms with Crippen LogP contribution in [-0.4, -0.2) is 25.7 Å². The summed E-state index contributed by atoms with van der Waals surface area (Å²) in [5, 5.41) is 9.10. The van der Waals surface area contributed by atoms with Gasteiger partial charge in [-0.25, -0.2) is 0 Å². The summed E-state index contributed by atoms with van der Waals surface area (Å²) in [6.45, 7) is 6.88. The molecule has 0 saturated carbocycles. The van der Waals surface area contributed by atoms with Crippen molar-refractivity contribution in [3.8, 4) is 6.07 Å². The molecule has 0 heterocycles. The third kappa shape index (κ3) is 3.49. The smallest absolute Gasteiger partial charge is 0.325 e. The quantitative estimate of drug-likeness (QED) is 0.748. The van der Waals surface area contributed by atoms with Crippen LogP contribution in [0.1, 0.15) is 25.0 Å². The molecular formula is C14H18N2O2. The number of anilines is 1. The van der Waals surface area contributed by atoms with Crippen LogP contribution in [0, 0.1) is 18.3 Å². The van der Waals surface area contributed by atoms with Gasteiger partial charge in [-0.3, -0.25) is 4.79 Å². The minimum absolute atomic E-state index is 0.169. The Bertz CT molecular complexity index is 463. The molecule has 0 bridgehead atoms. The number of hydrogen-bond acceptors (Lipinski definition) is 4. The number of esters is 1. The van der Waals surface area contributed by atoms with Crippen molar-refractivity contribution in [1.29, 1.82) is 5.26 Å². The Morgan fingerprint density at radius 2 is 2.17 bits per heavy atom. The molecule has 4 nitrogen and oxygen atoms in total. The second-order valence-electron chi connectivity index (χ2n) is 3.95. The van der Waals surface area contributed by atoms with E-state index in [0.717, 1.165) is 11.3 Å². The van der Waals surface area contributed by atoms with Crippen molar-refractivity contribution in [3.63, 3.8) is 0 Å². The van der Waals surface area contributed by atoms with Gasteiger partial charge < -0.3 is 9.64 Å². The Balaban J connectivity index is 2.98. The number of aryl methyl sites for hydroxylation is 1. The van der Waals surface area contributed by atoms with Gasteiger partial charge in [-0.15, -0.1) is 0 Å². The second kappa shape index (κ2) is 6.65. The Kier molecular flexibility index (Phi) is 5.19. The molecule has 0 aliphatic carbocycles. The van der Waals surface area contributed by atoms with Gasteiger partial charge in [-0.1, -0.05) is 6.07 Å². The topological polar surface area (TPSA) is 53.3 Å². The van der Waals surface area contributed by atoms with Crippen molar-refractivity contribution in [2.45, 2.75) is 20.8 Å². The van der Waals surface area contributed by atoms with Crippen LogP contribution in [0.3, 0.4) is 0 Å². The summed E-state index contributed by atoms with van der Waals surface area (Å²) in [7, 11) is 0. The SMILES string of the molecule is CCOC(=O)CN(CC)c1cc(C)ccc1C#N. The molecule has 0 radical (unpaired) electrons. The Labute approximate surface area is 108 Å². The molecule has 96 valence electrons. The number of carbonyl (C=O) groups is 1. The number of rotatable bonds is 5. The van der Waals surface area contributed by atoms with Gasteiger partial charge in [0.25, 0.3) is 0 Å². The standard InChI is InChI=1S/C14H18N2O2/c1-4-16(10-14(17)18-5-2)13-8-11(3)6-7-12(13)9-15/h6-8H,4-5,10H2,1-3H3. The van der Waals surface area contributed by atoms with Gasteiger partial charge >= 0.3 is 5.97 Å². The van der Waals surface area contributed by atoms with Crippen LogP contribution in [0.15, 0.2) is 18.2 Å². The minimum atomic E-state index is -0.273. The molecule has 1 aromatic rings. The highest BCUT2D eigenvalue weighted by Gasteiger charge is 2.14. The lowest BCUT2D eigenvalue weighted by Gasteiger charge is -2.23. The molecule has 0 spiro atoms. The third-order valence-electron chi connectivity index (χ3n) is 2.62. The van der Waals surface area contributed by atoms with E-state index < -0.39 is 0 Å². The average molecular weight is 246 g/mol. The zero-order valence-corrected chi connectivity index (χ0v) is 11.1. The van der Waals surface area contributed by atoms with Crippen molar-refractivity contribution in [2.24, 2.45) is 0 Å². The molecule has 0 unspecified atom stereocenters. The number of benzene rings is 1. The van der Waals surface area contributed by atoms with Gasteiger partial charge in [-0.2, -0.15) is 5.26 Å². The highest BCUT2D eigenvalue weighted by Crippen LogP contribution is 2.21. The van der Waals surface area contributed by atoms with Gasteiger partial charge in [0.15, 0.2) is 0 Å². The van der Waals surface area contributed by atoms with E-state index in [4.69, 9.17) is 10.00 Å². The van der Waals surface area contributed by atoms with Crippen molar-refractivity contribution >= 4 is 11.7 Å². The molecule has 1 aromatic carbocycles. The molecule has 0 aliphatic heterocycles. The van der Waals surface area contributed by atoms with E-state index >= 15 is 0 Å². The first kappa shape index (κ1) is 14.0. The fourth-order valence-electron chi connectivity index (χ4n) is 1.73. The van der Waals surface area contributed by atoms with E-state index in [0.29, 0.717) is 18.7 Å². The van der Waals surface area contributed by atoms with E-state index in [2.05, 4.69) is 6.07 Å². The number of hydrogen-bond donors (Lipinski definition) is 0. The maximum absolute atomic E-state index is 11.5. The van der Waals surface area contributed by atoms with Gasteiger partial charge in [0.05, 0.1) is 17.9 Å². The lowest BCUT2D eigenvalue weighted by molar-refractivity contribution is -0.141. The highest BCUT2D eigenvalue weighted by molar-refractivity contribution is 5.77. The highest BCUT2D eigenvalue weighted by atomic mass is 16.5.